The second-order valence-electron chi connectivity index (χ2n) is 5.79. The number of alkyl carbamates (subject to hydrolysis) is 1. The number of benzene rings is 1. The van der Waals surface area contributed by atoms with Gasteiger partial charge in [0.05, 0.1) is 0 Å². The number of amides is 1. The van der Waals surface area contributed by atoms with Crippen LogP contribution >= 0.6 is 15.9 Å². The Hall–Kier alpha value is -1.07. The first-order chi connectivity index (χ1) is 9.26. The molecule has 0 radical (unpaired) electrons. The van der Waals surface area contributed by atoms with Crippen LogP contribution in [0, 0.1) is 0 Å². The number of carbonyl (C=O) groups is 1. The number of halogens is 1. The third-order valence-corrected chi connectivity index (χ3v) is 3.06. The van der Waals surface area contributed by atoms with Crippen molar-refractivity contribution in [3.8, 4) is 0 Å². The van der Waals surface area contributed by atoms with Gasteiger partial charge < -0.3 is 15.0 Å². The van der Waals surface area contributed by atoms with Crippen LogP contribution in [0.2, 0.25) is 0 Å². The van der Waals surface area contributed by atoms with E-state index >= 15 is 0 Å². The van der Waals surface area contributed by atoms with Crippen molar-refractivity contribution in [2.24, 2.45) is 0 Å². The summed E-state index contributed by atoms with van der Waals surface area (Å²) in [6, 6.07) is 8.23. The lowest BCUT2D eigenvalue weighted by atomic mass is 10.2. The molecule has 0 heterocycles. The average Bonchev–Trinajstić information content (AvgIpc) is 2.29. The predicted molar refractivity (Wildman–Crippen MR) is 84.7 cm³/mol. The molecular formula is C15H23BrN2O2. The van der Waals surface area contributed by atoms with E-state index in [4.69, 9.17) is 4.74 Å². The van der Waals surface area contributed by atoms with Gasteiger partial charge in [-0.15, -0.1) is 0 Å². The Kier molecular flexibility index (Phi) is 6.49. The molecule has 1 rings (SSSR count). The van der Waals surface area contributed by atoms with Crippen LogP contribution in [0.4, 0.5) is 4.79 Å². The third-order valence-electron chi connectivity index (χ3n) is 2.53. The maximum absolute atomic E-state index is 11.5. The number of nitrogens with zero attached hydrogens (tertiary/aromatic N) is 1. The van der Waals surface area contributed by atoms with Crippen LogP contribution < -0.4 is 5.32 Å². The number of ether oxygens (including phenoxy) is 1. The maximum atomic E-state index is 11.5. The molecule has 0 aromatic heterocycles. The third kappa shape index (κ3) is 7.50. The molecule has 0 aliphatic heterocycles. The molecule has 0 saturated heterocycles. The van der Waals surface area contributed by atoms with Crippen molar-refractivity contribution in [2.75, 3.05) is 20.1 Å². The van der Waals surface area contributed by atoms with Crippen molar-refractivity contribution < 1.29 is 9.53 Å². The molecule has 1 aromatic carbocycles. The zero-order chi connectivity index (χ0) is 15.2. The Morgan fingerprint density at radius 3 is 2.45 bits per heavy atom. The van der Waals surface area contributed by atoms with Gasteiger partial charge in [0, 0.05) is 24.1 Å². The summed E-state index contributed by atoms with van der Waals surface area (Å²) in [7, 11) is 2.03. The van der Waals surface area contributed by atoms with E-state index in [0.29, 0.717) is 6.54 Å². The molecule has 0 fully saturated rings. The molecule has 1 N–H and O–H groups in total. The van der Waals surface area contributed by atoms with Crippen molar-refractivity contribution >= 4 is 22.0 Å². The lowest BCUT2D eigenvalue weighted by molar-refractivity contribution is 0.0523. The number of carbonyl (C=O) groups excluding carboxylic acids is 1. The second kappa shape index (κ2) is 7.64. The van der Waals surface area contributed by atoms with Gasteiger partial charge in [0.25, 0.3) is 0 Å². The van der Waals surface area contributed by atoms with E-state index in [9.17, 15) is 4.79 Å². The van der Waals surface area contributed by atoms with Crippen molar-refractivity contribution in [1.82, 2.24) is 10.2 Å². The summed E-state index contributed by atoms with van der Waals surface area (Å²) in [5, 5.41) is 2.75. The summed E-state index contributed by atoms with van der Waals surface area (Å²) in [5.41, 5.74) is 0.793. The fraction of sp³-hybridized carbons (Fsp3) is 0.533. The second-order valence-corrected chi connectivity index (χ2v) is 6.71. The quantitative estimate of drug-likeness (QED) is 0.891. The summed E-state index contributed by atoms with van der Waals surface area (Å²) >= 11 is 3.42. The average molecular weight is 343 g/mol. The molecule has 0 saturated carbocycles. The van der Waals surface area contributed by atoms with Gasteiger partial charge in [-0.25, -0.2) is 4.79 Å². The fourth-order valence-electron chi connectivity index (χ4n) is 1.64. The van der Waals surface area contributed by atoms with Crippen LogP contribution in [0.3, 0.4) is 0 Å². The maximum Gasteiger partial charge on any atom is 0.407 e. The zero-order valence-electron chi connectivity index (χ0n) is 12.6. The standard InChI is InChI=1S/C15H23BrN2O2/c1-15(2,3)20-14(19)17-9-10-18(4)11-12-5-7-13(16)8-6-12/h5-8H,9-11H2,1-4H3,(H,17,19). The Bertz CT molecular complexity index is 426. The number of rotatable bonds is 5. The first-order valence-electron chi connectivity index (χ1n) is 6.66. The van der Waals surface area contributed by atoms with Gasteiger partial charge in [-0.05, 0) is 45.5 Å². The van der Waals surface area contributed by atoms with E-state index in [1.807, 2.05) is 40.0 Å². The summed E-state index contributed by atoms with van der Waals surface area (Å²) in [6.07, 6.45) is -0.366. The molecule has 0 bridgehead atoms. The first-order valence-corrected chi connectivity index (χ1v) is 7.45. The highest BCUT2D eigenvalue weighted by atomic mass is 79.9. The topological polar surface area (TPSA) is 41.6 Å². The van der Waals surface area contributed by atoms with E-state index in [1.54, 1.807) is 0 Å². The van der Waals surface area contributed by atoms with E-state index in [-0.39, 0.29) is 6.09 Å². The van der Waals surface area contributed by atoms with Crippen molar-refractivity contribution in [3.05, 3.63) is 34.3 Å². The highest BCUT2D eigenvalue weighted by Crippen LogP contribution is 2.11. The van der Waals surface area contributed by atoms with Crippen LogP contribution in [0.15, 0.2) is 28.7 Å². The summed E-state index contributed by atoms with van der Waals surface area (Å²) in [6.45, 7) is 7.76. The molecule has 1 aromatic rings. The monoisotopic (exact) mass is 342 g/mol. The SMILES string of the molecule is CN(CCNC(=O)OC(C)(C)C)Cc1ccc(Br)cc1. The Morgan fingerprint density at radius 2 is 1.90 bits per heavy atom. The molecule has 20 heavy (non-hydrogen) atoms. The zero-order valence-corrected chi connectivity index (χ0v) is 14.2. The van der Waals surface area contributed by atoms with Crippen LogP contribution in [-0.4, -0.2) is 36.7 Å². The van der Waals surface area contributed by atoms with E-state index < -0.39 is 5.60 Å². The number of nitrogens with one attached hydrogen (secondary N) is 1. The molecule has 5 heteroatoms. The molecule has 0 unspecified atom stereocenters. The smallest absolute Gasteiger partial charge is 0.407 e. The van der Waals surface area contributed by atoms with Gasteiger partial charge in [0.2, 0.25) is 0 Å². The normalized spacial score (nSPS) is 11.5. The highest BCUT2D eigenvalue weighted by Gasteiger charge is 2.15. The van der Waals surface area contributed by atoms with Crippen LogP contribution in [-0.2, 0) is 11.3 Å². The lowest BCUT2D eigenvalue weighted by Crippen LogP contribution is -2.36. The molecule has 0 spiro atoms. The van der Waals surface area contributed by atoms with Crippen molar-refractivity contribution in [3.63, 3.8) is 0 Å². The molecule has 112 valence electrons. The Morgan fingerprint density at radius 1 is 1.30 bits per heavy atom. The minimum atomic E-state index is -0.451. The van der Waals surface area contributed by atoms with Crippen LogP contribution in [0.25, 0.3) is 0 Å². The van der Waals surface area contributed by atoms with Crippen molar-refractivity contribution in [2.45, 2.75) is 32.9 Å². The lowest BCUT2D eigenvalue weighted by Gasteiger charge is -2.21. The Balaban J connectivity index is 2.25. The van der Waals surface area contributed by atoms with Crippen molar-refractivity contribution in [1.29, 1.82) is 0 Å². The molecule has 4 nitrogen and oxygen atoms in total. The van der Waals surface area contributed by atoms with Gasteiger partial charge in [-0.2, -0.15) is 0 Å². The van der Waals surface area contributed by atoms with Gasteiger partial charge in [0.1, 0.15) is 5.60 Å². The molecule has 0 atom stereocenters. The van der Waals surface area contributed by atoms with Crippen LogP contribution in [0.1, 0.15) is 26.3 Å². The van der Waals surface area contributed by atoms with Gasteiger partial charge >= 0.3 is 6.09 Å². The number of hydrogen-bond donors (Lipinski definition) is 1. The van der Waals surface area contributed by atoms with E-state index in [1.165, 1.54) is 5.56 Å². The first kappa shape index (κ1) is 17.0. The molecule has 0 aliphatic carbocycles. The van der Waals surface area contributed by atoms with Crippen LogP contribution in [0.5, 0.6) is 0 Å². The molecule has 0 aliphatic rings. The molecular weight excluding hydrogens is 320 g/mol. The van der Waals surface area contributed by atoms with Gasteiger partial charge in [0.15, 0.2) is 0 Å². The highest BCUT2D eigenvalue weighted by molar-refractivity contribution is 9.10. The van der Waals surface area contributed by atoms with E-state index in [0.717, 1.165) is 17.6 Å². The predicted octanol–water partition coefficient (Wildman–Crippen LogP) is 3.41. The van der Waals surface area contributed by atoms with E-state index in [2.05, 4.69) is 38.3 Å². The number of likely N-dealkylation sites (N-methyl/N-ethyl adjacent to an activating group) is 1. The number of hydrogen-bond acceptors (Lipinski definition) is 3. The Labute approximate surface area is 129 Å². The summed E-state index contributed by atoms with van der Waals surface area (Å²) in [4.78, 5) is 13.6. The van der Waals surface area contributed by atoms with Gasteiger partial charge in [-0.3, -0.25) is 0 Å². The fourth-order valence-corrected chi connectivity index (χ4v) is 1.91. The summed E-state index contributed by atoms with van der Waals surface area (Å²) in [5.74, 6) is 0. The minimum absolute atomic E-state index is 0.366. The molecule has 1 amide bonds. The minimum Gasteiger partial charge on any atom is -0.444 e. The van der Waals surface area contributed by atoms with Gasteiger partial charge in [-0.1, -0.05) is 28.1 Å². The largest absolute Gasteiger partial charge is 0.444 e. The summed E-state index contributed by atoms with van der Waals surface area (Å²) < 4.78 is 6.26.